The van der Waals surface area contributed by atoms with Crippen LogP contribution in [-0.2, 0) is 0 Å². The number of nitro benzene ring substituents is 1. The van der Waals surface area contributed by atoms with E-state index >= 15 is 0 Å². The summed E-state index contributed by atoms with van der Waals surface area (Å²) in [5.41, 5.74) is -0.236. The predicted molar refractivity (Wildman–Crippen MR) is 67.4 cm³/mol. The zero-order valence-corrected chi connectivity index (χ0v) is 10.4. The second-order valence-electron chi connectivity index (χ2n) is 3.91. The van der Waals surface area contributed by atoms with Crippen molar-refractivity contribution in [2.75, 3.05) is 0 Å². The summed E-state index contributed by atoms with van der Waals surface area (Å²) < 4.78 is 18.7. The monoisotopic (exact) mass is 276 g/mol. The Hall–Kier alpha value is -2.83. The first-order chi connectivity index (χ1) is 9.47. The van der Waals surface area contributed by atoms with Gasteiger partial charge in [0.1, 0.15) is 5.75 Å². The van der Waals surface area contributed by atoms with Gasteiger partial charge in [-0.3, -0.25) is 14.9 Å². The topological polar surface area (TPSA) is 82.3 Å². The van der Waals surface area contributed by atoms with Crippen LogP contribution in [0.5, 0.6) is 11.6 Å². The average Bonchev–Trinajstić information content (AvgIpc) is 2.38. The van der Waals surface area contributed by atoms with E-state index in [0.29, 0.717) is 5.56 Å². The average molecular weight is 276 g/mol. The van der Waals surface area contributed by atoms with Crippen molar-refractivity contribution < 1.29 is 18.8 Å². The molecular weight excluding hydrogens is 267 g/mol. The Morgan fingerprint density at radius 1 is 1.35 bits per heavy atom. The lowest BCUT2D eigenvalue weighted by molar-refractivity contribution is -0.387. The van der Waals surface area contributed by atoms with E-state index in [1.54, 1.807) is 0 Å². The van der Waals surface area contributed by atoms with Gasteiger partial charge in [0.05, 0.1) is 4.92 Å². The van der Waals surface area contributed by atoms with Crippen LogP contribution in [0.25, 0.3) is 0 Å². The molecule has 0 aliphatic carbocycles. The number of ether oxygens (including phenoxy) is 1. The van der Waals surface area contributed by atoms with Crippen LogP contribution in [0.15, 0.2) is 36.5 Å². The van der Waals surface area contributed by atoms with Crippen LogP contribution in [0.1, 0.15) is 17.3 Å². The SMILES string of the molecule is CC(=O)c1ccnc(Oc2ccc([N+](=O)[O-])c(F)c2)c1. The Bertz CT molecular complexity index is 688. The summed E-state index contributed by atoms with van der Waals surface area (Å²) >= 11 is 0. The summed E-state index contributed by atoms with van der Waals surface area (Å²) in [6, 6.07) is 6.07. The van der Waals surface area contributed by atoms with E-state index in [-0.39, 0.29) is 17.4 Å². The summed E-state index contributed by atoms with van der Waals surface area (Å²) in [6.07, 6.45) is 1.38. The molecule has 0 amide bonds. The number of nitro groups is 1. The van der Waals surface area contributed by atoms with E-state index in [2.05, 4.69) is 4.98 Å². The number of pyridine rings is 1. The lowest BCUT2D eigenvalue weighted by Crippen LogP contribution is -1.96. The highest BCUT2D eigenvalue weighted by Gasteiger charge is 2.15. The molecule has 1 aromatic carbocycles. The Morgan fingerprint density at radius 3 is 2.70 bits per heavy atom. The van der Waals surface area contributed by atoms with E-state index in [1.807, 2.05) is 0 Å². The summed E-state index contributed by atoms with van der Waals surface area (Å²) in [5.74, 6) is -1.00. The molecule has 0 fully saturated rings. The molecule has 20 heavy (non-hydrogen) atoms. The quantitative estimate of drug-likeness (QED) is 0.486. The second kappa shape index (κ2) is 5.43. The van der Waals surface area contributed by atoms with Gasteiger partial charge in [-0.15, -0.1) is 0 Å². The van der Waals surface area contributed by atoms with Gasteiger partial charge in [-0.25, -0.2) is 4.98 Å². The van der Waals surface area contributed by atoms with Gasteiger partial charge in [0.15, 0.2) is 5.78 Å². The zero-order chi connectivity index (χ0) is 14.7. The molecule has 102 valence electrons. The van der Waals surface area contributed by atoms with Crippen LogP contribution < -0.4 is 4.74 Å². The first-order valence-corrected chi connectivity index (χ1v) is 5.56. The Labute approximate surface area is 113 Å². The van der Waals surface area contributed by atoms with E-state index in [9.17, 15) is 19.3 Å². The van der Waals surface area contributed by atoms with Crippen LogP contribution in [0, 0.1) is 15.9 Å². The standard InChI is InChI=1S/C13H9FN2O4/c1-8(17)9-4-5-15-13(6-9)20-10-2-3-12(16(18)19)11(14)7-10/h2-7H,1H3. The normalized spacial score (nSPS) is 10.1. The highest BCUT2D eigenvalue weighted by atomic mass is 19.1. The van der Waals surface area contributed by atoms with Crippen LogP contribution in [0.2, 0.25) is 0 Å². The maximum atomic E-state index is 13.4. The number of benzene rings is 1. The van der Waals surface area contributed by atoms with Gasteiger partial charge in [0.25, 0.3) is 0 Å². The van der Waals surface area contributed by atoms with E-state index in [4.69, 9.17) is 4.74 Å². The maximum absolute atomic E-state index is 13.4. The number of nitrogens with zero attached hydrogens (tertiary/aromatic N) is 2. The van der Waals surface area contributed by atoms with Crippen LogP contribution >= 0.6 is 0 Å². The molecule has 0 unspecified atom stereocenters. The number of Topliss-reactive ketones (excluding diaryl/α,β-unsaturated/α-hetero) is 1. The van der Waals surface area contributed by atoms with Crippen molar-refractivity contribution in [3.63, 3.8) is 0 Å². The van der Waals surface area contributed by atoms with Gasteiger partial charge in [-0.05, 0) is 19.1 Å². The Morgan fingerprint density at radius 2 is 2.10 bits per heavy atom. The highest BCUT2D eigenvalue weighted by molar-refractivity contribution is 5.94. The third kappa shape index (κ3) is 2.94. The fourth-order valence-corrected chi connectivity index (χ4v) is 1.50. The van der Waals surface area contributed by atoms with Crippen molar-refractivity contribution in [1.29, 1.82) is 0 Å². The minimum absolute atomic E-state index is 0.0568. The summed E-state index contributed by atoms with van der Waals surface area (Å²) in [4.78, 5) is 24.7. The first-order valence-electron chi connectivity index (χ1n) is 5.56. The van der Waals surface area contributed by atoms with Crippen LogP contribution in [-0.4, -0.2) is 15.7 Å². The first kappa shape index (κ1) is 13.6. The van der Waals surface area contributed by atoms with Crippen molar-refractivity contribution in [3.8, 4) is 11.6 Å². The van der Waals surface area contributed by atoms with Gasteiger partial charge in [-0.2, -0.15) is 4.39 Å². The summed E-state index contributed by atoms with van der Waals surface area (Å²) in [5, 5.41) is 10.5. The van der Waals surface area contributed by atoms with Crippen LogP contribution in [0.3, 0.4) is 0 Å². The largest absolute Gasteiger partial charge is 0.439 e. The van der Waals surface area contributed by atoms with Crippen molar-refractivity contribution in [2.24, 2.45) is 0 Å². The summed E-state index contributed by atoms with van der Waals surface area (Å²) in [6.45, 7) is 1.39. The fourth-order valence-electron chi connectivity index (χ4n) is 1.50. The molecule has 0 spiro atoms. The zero-order valence-electron chi connectivity index (χ0n) is 10.4. The number of ketones is 1. The predicted octanol–water partition coefficient (Wildman–Crippen LogP) is 3.12. The molecule has 0 saturated carbocycles. The molecule has 7 heteroatoms. The molecular formula is C13H9FN2O4. The molecule has 0 aliphatic rings. The van der Waals surface area contributed by atoms with Crippen molar-refractivity contribution in [3.05, 3.63) is 58.0 Å². The Balaban J connectivity index is 2.26. The number of aromatic nitrogens is 1. The molecule has 0 saturated heterocycles. The van der Waals surface area contributed by atoms with E-state index < -0.39 is 16.4 Å². The number of hydrogen-bond donors (Lipinski definition) is 0. The molecule has 0 N–H and O–H groups in total. The fraction of sp³-hybridized carbons (Fsp3) is 0.0769. The number of halogens is 1. The molecule has 1 aromatic heterocycles. The smallest absolute Gasteiger partial charge is 0.305 e. The number of carbonyl (C=O) groups excluding carboxylic acids is 1. The molecule has 1 heterocycles. The third-order valence-electron chi connectivity index (χ3n) is 2.48. The number of rotatable bonds is 4. The Kier molecular flexibility index (Phi) is 3.69. The van der Waals surface area contributed by atoms with Crippen LogP contribution in [0.4, 0.5) is 10.1 Å². The maximum Gasteiger partial charge on any atom is 0.305 e. The van der Waals surface area contributed by atoms with Gasteiger partial charge in [0, 0.05) is 30.0 Å². The molecule has 0 radical (unpaired) electrons. The minimum atomic E-state index is -1.00. The van der Waals surface area contributed by atoms with Crippen molar-refractivity contribution in [1.82, 2.24) is 4.98 Å². The highest BCUT2D eigenvalue weighted by Crippen LogP contribution is 2.25. The number of carbonyl (C=O) groups is 1. The lowest BCUT2D eigenvalue weighted by Gasteiger charge is -2.05. The van der Waals surface area contributed by atoms with E-state index in [1.165, 1.54) is 31.3 Å². The molecule has 6 nitrogen and oxygen atoms in total. The molecule has 2 rings (SSSR count). The minimum Gasteiger partial charge on any atom is -0.439 e. The molecule has 0 bridgehead atoms. The van der Waals surface area contributed by atoms with Gasteiger partial charge in [-0.1, -0.05) is 0 Å². The van der Waals surface area contributed by atoms with E-state index in [0.717, 1.165) is 12.1 Å². The van der Waals surface area contributed by atoms with Gasteiger partial charge in [0.2, 0.25) is 11.7 Å². The van der Waals surface area contributed by atoms with Gasteiger partial charge < -0.3 is 4.74 Å². The van der Waals surface area contributed by atoms with Crippen molar-refractivity contribution in [2.45, 2.75) is 6.92 Å². The summed E-state index contributed by atoms with van der Waals surface area (Å²) in [7, 11) is 0. The molecule has 0 atom stereocenters. The second-order valence-corrected chi connectivity index (χ2v) is 3.91. The van der Waals surface area contributed by atoms with Crippen molar-refractivity contribution >= 4 is 11.5 Å². The lowest BCUT2D eigenvalue weighted by atomic mass is 10.2. The molecule has 0 aliphatic heterocycles. The van der Waals surface area contributed by atoms with Gasteiger partial charge >= 0.3 is 5.69 Å². The number of hydrogen-bond acceptors (Lipinski definition) is 5. The third-order valence-corrected chi connectivity index (χ3v) is 2.48. The molecule has 2 aromatic rings.